The summed E-state index contributed by atoms with van der Waals surface area (Å²) < 4.78 is 16.6. The van der Waals surface area contributed by atoms with Gasteiger partial charge in [-0.1, -0.05) is 17.7 Å². The molecule has 28 heavy (non-hydrogen) atoms. The van der Waals surface area contributed by atoms with Crippen molar-refractivity contribution in [1.29, 1.82) is 0 Å². The quantitative estimate of drug-likeness (QED) is 0.827. The molecular weight excluding hydrogens is 360 g/mol. The minimum Gasteiger partial charge on any atom is -0.490 e. The molecule has 2 saturated heterocycles. The van der Waals surface area contributed by atoms with E-state index in [-0.39, 0.29) is 19.3 Å². The molecular formula is C21H32N2O5. The van der Waals surface area contributed by atoms with Gasteiger partial charge in [0.15, 0.2) is 0 Å². The van der Waals surface area contributed by atoms with E-state index in [0.717, 1.165) is 25.1 Å². The van der Waals surface area contributed by atoms with Crippen LogP contribution in [0.3, 0.4) is 0 Å². The van der Waals surface area contributed by atoms with Crippen molar-refractivity contribution < 1.29 is 24.1 Å². The van der Waals surface area contributed by atoms with Crippen molar-refractivity contribution in [3.05, 3.63) is 29.8 Å². The molecule has 0 radical (unpaired) electrons. The Morgan fingerprint density at radius 3 is 2.64 bits per heavy atom. The van der Waals surface area contributed by atoms with E-state index in [9.17, 15) is 9.90 Å². The molecule has 0 aromatic heterocycles. The molecule has 1 aromatic carbocycles. The van der Waals surface area contributed by atoms with Crippen LogP contribution < -0.4 is 4.74 Å². The maximum Gasteiger partial charge on any atom is 0.409 e. The second kappa shape index (κ2) is 9.58. The molecule has 0 bridgehead atoms. The maximum absolute atomic E-state index is 11.9. The monoisotopic (exact) mass is 392 g/mol. The summed E-state index contributed by atoms with van der Waals surface area (Å²) >= 11 is 0. The predicted molar refractivity (Wildman–Crippen MR) is 106 cm³/mol. The summed E-state index contributed by atoms with van der Waals surface area (Å²) in [5.41, 5.74) is 0.115. The number of hydrogen-bond acceptors (Lipinski definition) is 6. The summed E-state index contributed by atoms with van der Waals surface area (Å²) in [4.78, 5) is 15.9. The lowest BCUT2D eigenvalue weighted by molar-refractivity contribution is -0.0688. The minimum absolute atomic E-state index is 0.189. The van der Waals surface area contributed by atoms with E-state index in [2.05, 4.69) is 4.90 Å². The highest BCUT2D eigenvalue weighted by Crippen LogP contribution is 2.23. The molecule has 1 atom stereocenters. The number of aliphatic hydroxyl groups is 1. The SMILES string of the molecule is CCOC(=O)N1CCC(N2CCOC[C@](O)(COc3ccc(C)cc3)C2)CC1. The first-order chi connectivity index (χ1) is 13.5. The Morgan fingerprint density at radius 2 is 1.96 bits per heavy atom. The molecule has 156 valence electrons. The Hall–Kier alpha value is -1.83. The van der Waals surface area contributed by atoms with Crippen LogP contribution >= 0.6 is 0 Å². The third-order valence-electron chi connectivity index (χ3n) is 5.43. The van der Waals surface area contributed by atoms with Crippen LogP contribution in [0.1, 0.15) is 25.3 Å². The fraction of sp³-hybridized carbons (Fsp3) is 0.667. The lowest BCUT2D eigenvalue weighted by Crippen LogP contribution is -2.54. The molecule has 0 spiro atoms. The second-order valence-corrected chi connectivity index (χ2v) is 7.77. The molecule has 1 amide bonds. The lowest BCUT2D eigenvalue weighted by atomic mass is 10.00. The summed E-state index contributed by atoms with van der Waals surface area (Å²) in [6, 6.07) is 8.13. The number of hydrogen-bond donors (Lipinski definition) is 1. The fourth-order valence-corrected chi connectivity index (χ4v) is 3.83. The number of piperidine rings is 1. The van der Waals surface area contributed by atoms with Crippen molar-refractivity contribution in [1.82, 2.24) is 9.80 Å². The van der Waals surface area contributed by atoms with Crippen LogP contribution in [-0.4, -0.2) is 85.2 Å². The van der Waals surface area contributed by atoms with Crippen molar-refractivity contribution in [3.63, 3.8) is 0 Å². The van der Waals surface area contributed by atoms with Gasteiger partial charge in [0.1, 0.15) is 18.0 Å². The number of carbonyl (C=O) groups is 1. The fourth-order valence-electron chi connectivity index (χ4n) is 3.83. The van der Waals surface area contributed by atoms with Gasteiger partial charge < -0.3 is 24.2 Å². The van der Waals surface area contributed by atoms with Crippen molar-refractivity contribution in [2.24, 2.45) is 0 Å². The van der Waals surface area contributed by atoms with Crippen LogP contribution in [0.15, 0.2) is 24.3 Å². The zero-order valence-electron chi connectivity index (χ0n) is 16.9. The highest BCUT2D eigenvalue weighted by Gasteiger charge is 2.37. The van der Waals surface area contributed by atoms with Crippen molar-refractivity contribution in [3.8, 4) is 5.75 Å². The topological polar surface area (TPSA) is 71.5 Å². The van der Waals surface area contributed by atoms with Gasteiger partial charge in [-0.3, -0.25) is 4.90 Å². The number of β-amino-alcohol motifs (C(OH)–C–C–N with tert-alkyl or cyclic N) is 1. The molecule has 3 rings (SSSR count). The zero-order chi connectivity index (χ0) is 20.0. The van der Waals surface area contributed by atoms with Gasteiger partial charge in [0.2, 0.25) is 0 Å². The zero-order valence-corrected chi connectivity index (χ0v) is 16.9. The van der Waals surface area contributed by atoms with Crippen molar-refractivity contribution >= 4 is 6.09 Å². The number of nitrogens with zero attached hydrogens (tertiary/aromatic N) is 2. The van der Waals surface area contributed by atoms with Gasteiger partial charge in [0.25, 0.3) is 0 Å². The Kier molecular flexibility index (Phi) is 7.15. The molecule has 0 aliphatic carbocycles. The Bertz CT molecular complexity index is 630. The number of amides is 1. The van der Waals surface area contributed by atoms with Crippen molar-refractivity contribution in [2.45, 2.75) is 38.3 Å². The van der Waals surface area contributed by atoms with Gasteiger partial charge >= 0.3 is 6.09 Å². The van der Waals surface area contributed by atoms with Gasteiger partial charge in [0.05, 0.1) is 19.8 Å². The highest BCUT2D eigenvalue weighted by molar-refractivity contribution is 5.67. The van der Waals surface area contributed by atoms with Crippen LogP contribution in [0.4, 0.5) is 4.79 Å². The predicted octanol–water partition coefficient (Wildman–Crippen LogP) is 2.06. The second-order valence-electron chi connectivity index (χ2n) is 7.77. The molecule has 2 aliphatic heterocycles. The molecule has 0 saturated carbocycles. The van der Waals surface area contributed by atoms with Gasteiger partial charge in [-0.2, -0.15) is 0 Å². The first-order valence-electron chi connectivity index (χ1n) is 10.1. The van der Waals surface area contributed by atoms with Gasteiger partial charge in [-0.25, -0.2) is 4.79 Å². The van der Waals surface area contributed by atoms with Crippen molar-refractivity contribution in [2.75, 3.05) is 52.6 Å². The van der Waals surface area contributed by atoms with E-state index in [0.29, 0.717) is 38.9 Å². The summed E-state index contributed by atoms with van der Waals surface area (Å²) in [6.07, 6.45) is 1.50. The van der Waals surface area contributed by atoms with E-state index >= 15 is 0 Å². The molecule has 2 heterocycles. The molecule has 7 heteroatoms. The number of carbonyl (C=O) groups excluding carboxylic acids is 1. The van der Waals surface area contributed by atoms with Gasteiger partial charge in [-0.05, 0) is 38.8 Å². The standard InChI is InChI=1S/C21H32N2O5/c1-3-27-20(24)22-10-8-18(9-11-22)23-12-13-26-15-21(25,14-23)16-28-19-6-4-17(2)5-7-19/h4-7,18,25H,3,8-16H2,1-2H3/t21-/m0/s1. The third-order valence-corrected chi connectivity index (χ3v) is 5.43. The third kappa shape index (κ3) is 5.59. The molecule has 2 fully saturated rings. The average molecular weight is 392 g/mol. The van der Waals surface area contributed by atoms with E-state index in [4.69, 9.17) is 14.2 Å². The largest absolute Gasteiger partial charge is 0.490 e. The molecule has 7 nitrogen and oxygen atoms in total. The first-order valence-corrected chi connectivity index (χ1v) is 10.1. The number of benzene rings is 1. The smallest absolute Gasteiger partial charge is 0.409 e. The minimum atomic E-state index is -1.06. The summed E-state index contributed by atoms with van der Waals surface area (Å²) in [5, 5.41) is 11.1. The Balaban J connectivity index is 1.54. The Morgan fingerprint density at radius 1 is 1.25 bits per heavy atom. The number of ether oxygens (including phenoxy) is 3. The average Bonchev–Trinajstić information content (AvgIpc) is 2.90. The first kappa shape index (κ1) is 20.9. The number of likely N-dealkylation sites (tertiary alicyclic amines) is 1. The van der Waals surface area contributed by atoms with Crippen LogP contribution in [0, 0.1) is 6.92 Å². The molecule has 1 N–H and O–H groups in total. The van der Waals surface area contributed by atoms with E-state index in [1.165, 1.54) is 5.56 Å². The van der Waals surface area contributed by atoms with E-state index < -0.39 is 5.60 Å². The van der Waals surface area contributed by atoms with Gasteiger partial charge in [0, 0.05) is 32.2 Å². The van der Waals surface area contributed by atoms with Crippen LogP contribution in [0.2, 0.25) is 0 Å². The van der Waals surface area contributed by atoms with E-state index in [1.54, 1.807) is 4.90 Å². The summed E-state index contributed by atoms with van der Waals surface area (Å²) in [6.45, 7) is 7.92. The molecule has 0 unspecified atom stereocenters. The van der Waals surface area contributed by atoms with Crippen LogP contribution in [0.25, 0.3) is 0 Å². The Labute approximate surface area is 167 Å². The maximum atomic E-state index is 11.9. The number of aryl methyl sites for hydroxylation is 1. The van der Waals surface area contributed by atoms with E-state index in [1.807, 2.05) is 38.1 Å². The summed E-state index contributed by atoms with van der Waals surface area (Å²) in [7, 11) is 0. The molecule has 1 aromatic rings. The summed E-state index contributed by atoms with van der Waals surface area (Å²) in [5.74, 6) is 0.748. The van der Waals surface area contributed by atoms with Crippen LogP contribution in [-0.2, 0) is 9.47 Å². The lowest BCUT2D eigenvalue weighted by Gasteiger charge is -2.39. The van der Waals surface area contributed by atoms with Crippen LogP contribution in [0.5, 0.6) is 5.75 Å². The highest BCUT2D eigenvalue weighted by atomic mass is 16.6. The number of rotatable bonds is 5. The van der Waals surface area contributed by atoms with Gasteiger partial charge in [-0.15, -0.1) is 0 Å². The molecule has 2 aliphatic rings. The normalized spacial score (nSPS) is 24.6.